The highest BCUT2D eigenvalue weighted by Crippen LogP contribution is 2.45. The molecule has 0 spiro atoms. The van der Waals surface area contributed by atoms with Gasteiger partial charge in [0.15, 0.2) is 0 Å². The van der Waals surface area contributed by atoms with Crippen LogP contribution in [-0.4, -0.2) is 31.0 Å². The van der Waals surface area contributed by atoms with Gasteiger partial charge in [-0.05, 0) is 12.1 Å². The Morgan fingerprint density at radius 3 is 2.71 bits per heavy atom. The SMILES string of the molecule is COC(=O)c1ccc2c(c1)N1C(=O)CC1CC2OC(C)=O. The lowest BCUT2D eigenvalue weighted by Crippen LogP contribution is -2.56. The van der Waals surface area contributed by atoms with E-state index >= 15 is 0 Å². The first-order chi connectivity index (χ1) is 10.0. The van der Waals surface area contributed by atoms with Gasteiger partial charge in [-0.3, -0.25) is 9.59 Å². The van der Waals surface area contributed by atoms with Crippen LogP contribution < -0.4 is 4.90 Å². The van der Waals surface area contributed by atoms with Crippen molar-refractivity contribution in [3.8, 4) is 0 Å². The minimum Gasteiger partial charge on any atom is -0.465 e. The predicted octanol–water partition coefficient (Wildman–Crippen LogP) is 1.59. The van der Waals surface area contributed by atoms with E-state index in [9.17, 15) is 14.4 Å². The number of hydrogen-bond donors (Lipinski definition) is 0. The van der Waals surface area contributed by atoms with Crippen molar-refractivity contribution >= 4 is 23.5 Å². The third-order valence-electron chi connectivity index (χ3n) is 3.90. The van der Waals surface area contributed by atoms with E-state index in [2.05, 4.69) is 0 Å². The standard InChI is InChI=1S/C15H15NO5/c1-8(17)21-13-6-10-7-14(18)16(10)12-5-9(15(19)20-2)3-4-11(12)13/h3-5,10,13H,6-7H2,1-2H3. The zero-order chi connectivity index (χ0) is 15.1. The number of benzene rings is 1. The normalized spacial score (nSPS) is 22.8. The molecule has 2 atom stereocenters. The molecule has 0 aromatic heterocycles. The average molecular weight is 289 g/mol. The summed E-state index contributed by atoms with van der Waals surface area (Å²) in [6.07, 6.45) is 0.661. The van der Waals surface area contributed by atoms with E-state index in [1.807, 2.05) is 0 Å². The second-order valence-electron chi connectivity index (χ2n) is 5.22. The van der Waals surface area contributed by atoms with Gasteiger partial charge in [0.2, 0.25) is 5.91 Å². The molecule has 1 aromatic carbocycles. The van der Waals surface area contributed by atoms with Crippen molar-refractivity contribution in [3.05, 3.63) is 29.3 Å². The maximum absolute atomic E-state index is 11.8. The average Bonchev–Trinajstić information content (AvgIpc) is 2.44. The van der Waals surface area contributed by atoms with Crippen LogP contribution in [0.3, 0.4) is 0 Å². The summed E-state index contributed by atoms with van der Waals surface area (Å²) in [6, 6.07) is 4.99. The van der Waals surface area contributed by atoms with E-state index in [0.717, 1.165) is 5.56 Å². The smallest absolute Gasteiger partial charge is 0.337 e. The molecular formula is C15H15NO5. The molecule has 0 aliphatic carbocycles. The first-order valence-electron chi connectivity index (χ1n) is 6.72. The van der Waals surface area contributed by atoms with Crippen LogP contribution in [0.1, 0.15) is 41.8 Å². The van der Waals surface area contributed by atoms with Crippen molar-refractivity contribution < 1.29 is 23.9 Å². The van der Waals surface area contributed by atoms with E-state index in [4.69, 9.17) is 9.47 Å². The topological polar surface area (TPSA) is 72.9 Å². The molecule has 0 radical (unpaired) electrons. The number of ether oxygens (including phenoxy) is 2. The molecule has 1 aromatic rings. The Labute approximate surface area is 121 Å². The van der Waals surface area contributed by atoms with Gasteiger partial charge in [0.05, 0.1) is 18.4 Å². The van der Waals surface area contributed by atoms with Crippen molar-refractivity contribution in [1.29, 1.82) is 0 Å². The summed E-state index contributed by atoms with van der Waals surface area (Å²) < 4.78 is 10.0. The summed E-state index contributed by atoms with van der Waals surface area (Å²) in [7, 11) is 1.31. The molecule has 110 valence electrons. The van der Waals surface area contributed by atoms with Crippen LogP contribution in [0.4, 0.5) is 5.69 Å². The van der Waals surface area contributed by atoms with Gasteiger partial charge in [-0.15, -0.1) is 0 Å². The van der Waals surface area contributed by atoms with Gasteiger partial charge in [-0.25, -0.2) is 4.79 Å². The molecule has 3 rings (SSSR count). The first kappa shape index (κ1) is 13.6. The largest absolute Gasteiger partial charge is 0.465 e. The lowest BCUT2D eigenvalue weighted by molar-refractivity contribution is -0.148. The van der Waals surface area contributed by atoms with Crippen molar-refractivity contribution in [2.45, 2.75) is 31.9 Å². The second-order valence-corrected chi connectivity index (χ2v) is 5.22. The van der Waals surface area contributed by atoms with Gasteiger partial charge >= 0.3 is 11.9 Å². The Hall–Kier alpha value is -2.37. The highest BCUT2D eigenvalue weighted by atomic mass is 16.5. The van der Waals surface area contributed by atoms with E-state index < -0.39 is 5.97 Å². The number of fused-ring (bicyclic) bond motifs is 3. The van der Waals surface area contributed by atoms with E-state index in [1.54, 1.807) is 23.1 Å². The Kier molecular flexibility index (Phi) is 3.16. The van der Waals surface area contributed by atoms with E-state index in [0.29, 0.717) is 24.1 Å². The number of nitrogens with zero attached hydrogens (tertiary/aromatic N) is 1. The fraction of sp³-hybridized carbons (Fsp3) is 0.400. The summed E-state index contributed by atoms with van der Waals surface area (Å²) in [6.45, 7) is 1.36. The number of anilines is 1. The summed E-state index contributed by atoms with van der Waals surface area (Å²) in [4.78, 5) is 36.3. The molecular weight excluding hydrogens is 274 g/mol. The molecule has 0 saturated carbocycles. The molecule has 2 unspecified atom stereocenters. The van der Waals surface area contributed by atoms with Gasteiger partial charge in [-0.2, -0.15) is 0 Å². The van der Waals surface area contributed by atoms with Crippen LogP contribution in [0.15, 0.2) is 18.2 Å². The minimum atomic E-state index is -0.461. The number of carbonyl (C=O) groups excluding carboxylic acids is 3. The van der Waals surface area contributed by atoms with Crippen molar-refractivity contribution in [2.24, 2.45) is 0 Å². The van der Waals surface area contributed by atoms with Crippen LogP contribution in [0.25, 0.3) is 0 Å². The Bertz CT molecular complexity index is 639. The fourth-order valence-electron chi connectivity index (χ4n) is 2.96. The Balaban J connectivity index is 2.03. The number of hydrogen-bond acceptors (Lipinski definition) is 5. The Morgan fingerprint density at radius 1 is 1.33 bits per heavy atom. The molecule has 2 heterocycles. The predicted molar refractivity (Wildman–Crippen MR) is 72.8 cm³/mol. The third-order valence-corrected chi connectivity index (χ3v) is 3.90. The number of amides is 1. The number of esters is 2. The fourth-order valence-corrected chi connectivity index (χ4v) is 2.96. The van der Waals surface area contributed by atoms with Crippen molar-refractivity contribution in [2.75, 3.05) is 12.0 Å². The number of β-lactam (4-membered cyclic amide) rings is 1. The zero-order valence-corrected chi connectivity index (χ0v) is 11.8. The second kappa shape index (κ2) is 4.87. The zero-order valence-electron chi connectivity index (χ0n) is 11.8. The maximum atomic E-state index is 11.8. The molecule has 0 N–H and O–H groups in total. The molecule has 6 nitrogen and oxygen atoms in total. The summed E-state index contributed by atoms with van der Waals surface area (Å²) in [5.74, 6) is -0.802. The quantitative estimate of drug-likeness (QED) is 0.610. The van der Waals surface area contributed by atoms with Crippen molar-refractivity contribution in [1.82, 2.24) is 0 Å². The minimum absolute atomic E-state index is 0.0181. The molecule has 1 saturated heterocycles. The highest BCUT2D eigenvalue weighted by Gasteiger charge is 2.45. The number of methoxy groups -OCH3 is 1. The lowest BCUT2D eigenvalue weighted by atomic mass is 9.85. The maximum Gasteiger partial charge on any atom is 0.337 e. The highest BCUT2D eigenvalue weighted by molar-refractivity contribution is 6.03. The monoisotopic (exact) mass is 289 g/mol. The lowest BCUT2D eigenvalue weighted by Gasteiger charge is -2.47. The summed E-state index contributed by atoms with van der Waals surface area (Å²) >= 11 is 0. The van der Waals surface area contributed by atoms with Crippen LogP contribution in [-0.2, 0) is 19.1 Å². The van der Waals surface area contributed by atoms with Gasteiger partial charge in [0.25, 0.3) is 0 Å². The van der Waals surface area contributed by atoms with Crippen LogP contribution >= 0.6 is 0 Å². The third kappa shape index (κ3) is 2.16. The Morgan fingerprint density at radius 2 is 2.10 bits per heavy atom. The van der Waals surface area contributed by atoms with Gasteiger partial charge in [-0.1, -0.05) is 6.07 Å². The molecule has 6 heteroatoms. The van der Waals surface area contributed by atoms with Gasteiger partial charge < -0.3 is 14.4 Å². The van der Waals surface area contributed by atoms with Gasteiger partial charge in [0, 0.05) is 31.4 Å². The number of rotatable bonds is 2. The molecule has 1 fully saturated rings. The molecule has 0 bridgehead atoms. The molecule has 21 heavy (non-hydrogen) atoms. The van der Waals surface area contributed by atoms with Gasteiger partial charge in [0.1, 0.15) is 6.10 Å². The summed E-state index contributed by atoms with van der Waals surface area (Å²) in [5.41, 5.74) is 1.76. The van der Waals surface area contributed by atoms with Crippen LogP contribution in [0.5, 0.6) is 0 Å². The van der Waals surface area contributed by atoms with E-state index in [-0.39, 0.29) is 24.0 Å². The van der Waals surface area contributed by atoms with Crippen LogP contribution in [0, 0.1) is 0 Å². The summed E-state index contributed by atoms with van der Waals surface area (Å²) in [5, 5.41) is 0. The molecule has 2 aliphatic heterocycles. The number of carbonyl (C=O) groups is 3. The van der Waals surface area contributed by atoms with Crippen molar-refractivity contribution in [3.63, 3.8) is 0 Å². The molecule has 2 aliphatic rings. The van der Waals surface area contributed by atoms with E-state index in [1.165, 1.54) is 14.0 Å². The first-order valence-corrected chi connectivity index (χ1v) is 6.72. The van der Waals surface area contributed by atoms with Crippen LogP contribution in [0.2, 0.25) is 0 Å². The molecule has 1 amide bonds.